The summed E-state index contributed by atoms with van der Waals surface area (Å²) in [6.45, 7) is 0. The van der Waals surface area contributed by atoms with Crippen molar-refractivity contribution in [3.05, 3.63) is 0 Å². The Kier molecular flexibility index (Phi) is 9.88. The molecule has 304 valence electrons. The molecular formula is C37H56N8O10. The smallest absolute Gasteiger partial charge is 0.308 e. The van der Waals surface area contributed by atoms with Gasteiger partial charge in [-0.05, 0) is 68.1 Å². The second-order valence-electron chi connectivity index (χ2n) is 18.1. The van der Waals surface area contributed by atoms with Crippen molar-refractivity contribution in [1.29, 1.82) is 0 Å². The van der Waals surface area contributed by atoms with Gasteiger partial charge in [0.15, 0.2) is 0 Å². The second-order valence-corrected chi connectivity index (χ2v) is 18.1. The van der Waals surface area contributed by atoms with E-state index in [9.17, 15) is 49.5 Å². The fourth-order valence-corrected chi connectivity index (χ4v) is 13.8. The Morgan fingerprint density at radius 3 is 0.945 bits per heavy atom. The van der Waals surface area contributed by atoms with E-state index >= 15 is 0 Å². The van der Waals surface area contributed by atoms with E-state index in [1.807, 2.05) is 0 Å². The number of nitrogens with one attached hydrogen (secondary N) is 8. The third-order valence-electron chi connectivity index (χ3n) is 15.8. The number of fused-ring (bicyclic) bond motifs is 20. The molecule has 0 radical (unpaired) electrons. The minimum Gasteiger partial charge on any atom is -0.481 e. The average molecular weight is 773 g/mol. The maximum atomic E-state index is 13.3. The van der Waals surface area contributed by atoms with Gasteiger partial charge in [-0.1, -0.05) is 32.1 Å². The molecule has 4 aliphatic carbocycles. The molecule has 9 aliphatic rings. The molecule has 21 atom stereocenters. The molecule has 8 bridgehead atoms. The van der Waals surface area contributed by atoms with Crippen molar-refractivity contribution < 1.29 is 49.5 Å². The van der Waals surface area contributed by atoms with Crippen LogP contribution < -0.4 is 42.5 Å². The van der Waals surface area contributed by atoms with Crippen LogP contribution in [0.4, 0.5) is 0 Å². The standard InChI is InChI=1S/C37H56N8O10/c46-33(47)17-11-5-10-16-18(17)30-43-29(16)41-27-13-7-2-1-6-12(13)25(39-27)38-26-14-8-3-4-9-15(14)28(40-26)42-31-19-20(32(44-30)45-31)22(35(50)51)24(37(54)55)23(36(52)53)21(19)34(48)49/h12-32,38-45H,1-11H2,(H,46,47)(H,48,49)(H,50,51)(H,52,53)(H,54,55). The topological polar surface area (TPSA) is 283 Å². The van der Waals surface area contributed by atoms with Gasteiger partial charge in [-0.2, -0.15) is 0 Å². The Bertz CT molecular complexity index is 1570. The van der Waals surface area contributed by atoms with E-state index in [0.29, 0.717) is 18.3 Å². The molecule has 9 rings (SSSR count). The predicted molar refractivity (Wildman–Crippen MR) is 190 cm³/mol. The van der Waals surface area contributed by atoms with Gasteiger partial charge in [0.25, 0.3) is 0 Å². The number of carboxylic acids is 5. The van der Waals surface area contributed by atoms with Gasteiger partial charge in [0, 0.05) is 17.8 Å². The molecule has 9 fully saturated rings. The highest BCUT2D eigenvalue weighted by Gasteiger charge is 2.67. The van der Waals surface area contributed by atoms with E-state index in [-0.39, 0.29) is 48.6 Å². The van der Waals surface area contributed by atoms with E-state index in [2.05, 4.69) is 42.5 Å². The second kappa shape index (κ2) is 14.4. The number of hydrogen-bond acceptors (Lipinski definition) is 13. The van der Waals surface area contributed by atoms with Crippen LogP contribution in [0, 0.1) is 76.9 Å². The molecule has 18 nitrogen and oxygen atoms in total. The van der Waals surface area contributed by atoms with E-state index < -0.39 is 95.7 Å². The molecule has 0 aromatic carbocycles. The molecule has 0 amide bonds. The summed E-state index contributed by atoms with van der Waals surface area (Å²) in [4.78, 5) is 65.1. The van der Waals surface area contributed by atoms with Crippen molar-refractivity contribution in [2.24, 2.45) is 76.9 Å². The van der Waals surface area contributed by atoms with Crippen LogP contribution in [0.3, 0.4) is 0 Å². The first-order valence-electron chi connectivity index (χ1n) is 20.7. The quantitative estimate of drug-likeness (QED) is 0.162. The Labute approximate surface area is 318 Å². The van der Waals surface area contributed by atoms with E-state index in [0.717, 1.165) is 64.2 Å². The van der Waals surface area contributed by atoms with Crippen LogP contribution in [-0.4, -0.2) is 105 Å². The minimum atomic E-state index is -2.03. The van der Waals surface area contributed by atoms with Gasteiger partial charge in [0.2, 0.25) is 0 Å². The number of aliphatic carboxylic acids is 5. The van der Waals surface area contributed by atoms with Crippen LogP contribution in [-0.2, 0) is 24.0 Å². The van der Waals surface area contributed by atoms with Gasteiger partial charge in [-0.25, -0.2) is 0 Å². The zero-order valence-corrected chi connectivity index (χ0v) is 30.7. The molecule has 13 N–H and O–H groups in total. The first-order chi connectivity index (χ1) is 26.4. The van der Waals surface area contributed by atoms with Crippen LogP contribution in [0.2, 0.25) is 0 Å². The van der Waals surface area contributed by atoms with Crippen molar-refractivity contribution in [3.63, 3.8) is 0 Å². The Morgan fingerprint density at radius 2 is 0.600 bits per heavy atom. The summed E-state index contributed by atoms with van der Waals surface area (Å²) < 4.78 is 0. The third kappa shape index (κ3) is 6.17. The maximum Gasteiger partial charge on any atom is 0.308 e. The highest BCUT2D eigenvalue weighted by molar-refractivity contribution is 5.90. The largest absolute Gasteiger partial charge is 0.481 e. The molecule has 0 aromatic rings. The molecule has 0 aromatic heterocycles. The van der Waals surface area contributed by atoms with Gasteiger partial charge >= 0.3 is 29.8 Å². The van der Waals surface area contributed by atoms with Crippen LogP contribution in [0.5, 0.6) is 0 Å². The van der Waals surface area contributed by atoms with Crippen LogP contribution in [0.25, 0.3) is 0 Å². The third-order valence-corrected chi connectivity index (χ3v) is 15.8. The summed E-state index contributed by atoms with van der Waals surface area (Å²) in [6, 6.07) is 0. The summed E-state index contributed by atoms with van der Waals surface area (Å²) in [7, 11) is 0. The molecule has 18 heteroatoms. The highest BCUT2D eigenvalue weighted by atomic mass is 16.4. The van der Waals surface area contributed by atoms with Gasteiger partial charge in [-0.15, -0.1) is 0 Å². The van der Waals surface area contributed by atoms with E-state index in [4.69, 9.17) is 0 Å². The van der Waals surface area contributed by atoms with Crippen molar-refractivity contribution in [1.82, 2.24) is 42.5 Å². The molecule has 4 saturated carbocycles. The monoisotopic (exact) mass is 772 g/mol. The minimum absolute atomic E-state index is 0.0208. The zero-order chi connectivity index (χ0) is 38.4. The lowest BCUT2D eigenvalue weighted by Crippen LogP contribution is -2.62. The first-order valence-corrected chi connectivity index (χ1v) is 20.7. The summed E-state index contributed by atoms with van der Waals surface area (Å²) in [5.74, 6) is -17.2. The fraction of sp³-hybridized carbons (Fsp3) is 0.865. The lowest BCUT2D eigenvalue weighted by atomic mass is 9.56. The number of hydrogen-bond donors (Lipinski definition) is 13. The SMILES string of the molecule is O=C(O)C1CCCC2C3NC4NC(NC5NC(NC6NC(NC(N3)C12)C1C(C(=O)O)C(C(=O)O)C(C(=O)O)C(C(=O)O)C61)C1CCCCC51)C1CCCCC41. The van der Waals surface area contributed by atoms with Crippen LogP contribution >= 0.6 is 0 Å². The molecule has 5 aliphatic heterocycles. The molecule has 55 heavy (non-hydrogen) atoms. The Hall–Kier alpha value is -2.97. The van der Waals surface area contributed by atoms with Gasteiger partial charge < -0.3 is 25.5 Å². The van der Waals surface area contributed by atoms with E-state index in [1.54, 1.807) is 0 Å². The summed E-state index contributed by atoms with van der Waals surface area (Å²) in [6.07, 6.45) is 7.10. The Morgan fingerprint density at radius 1 is 0.309 bits per heavy atom. The van der Waals surface area contributed by atoms with Crippen molar-refractivity contribution in [3.8, 4) is 0 Å². The molecule has 21 unspecified atom stereocenters. The van der Waals surface area contributed by atoms with Gasteiger partial charge in [0.1, 0.15) is 0 Å². The summed E-state index contributed by atoms with van der Waals surface area (Å²) >= 11 is 0. The normalized spacial score (nSPS) is 51.5. The molecular weight excluding hydrogens is 716 g/mol. The highest BCUT2D eigenvalue weighted by Crippen LogP contribution is 2.53. The zero-order valence-electron chi connectivity index (χ0n) is 30.7. The lowest BCUT2D eigenvalue weighted by Gasteiger charge is -2.46. The predicted octanol–water partition coefficient (Wildman–Crippen LogP) is -0.841. The molecule has 5 saturated heterocycles. The van der Waals surface area contributed by atoms with Crippen LogP contribution in [0.1, 0.15) is 70.6 Å². The van der Waals surface area contributed by atoms with Crippen molar-refractivity contribution in [2.45, 2.75) is 120 Å². The summed E-state index contributed by atoms with van der Waals surface area (Å²) in [5, 5.41) is 82.9. The van der Waals surface area contributed by atoms with Gasteiger partial charge in [0.05, 0.1) is 78.9 Å². The van der Waals surface area contributed by atoms with Gasteiger partial charge in [-0.3, -0.25) is 66.5 Å². The van der Waals surface area contributed by atoms with E-state index in [1.165, 1.54) is 0 Å². The van der Waals surface area contributed by atoms with Crippen molar-refractivity contribution in [2.75, 3.05) is 0 Å². The summed E-state index contributed by atoms with van der Waals surface area (Å²) in [5.41, 5.74) is 0. The maximum absolute atomic E-state index is 13.3. The lowest BCUT2D eigenvalue weighted by molar-refractivity contribution is -0.182. The number of carboxylic acid groups (broad SMARTS) is 5. The van der Waals surface area contributed by atoms with Crippen LogP contribution in [0.15, 0.2) is 0 Å². The van der Waals surface area contributed by atoms with Crippen molar-refractivity contribution >= 4 is 29.8 Å². The first kappa shape index (κ1) is 37.6. The Balaban J connectivity index is 1.16. The molecule has 5 heterocycles. The average Bonchev–Trinajstić information content (AvgIpc) is 3.89. The number of rotatable bonds is 5. The number of carbonyl (C=O) groups is 5. The molecule has 0 spiro atoms. The fourth-order valence-electron chi connectivity index (χ4n) is 13.8.